The molecule has 3 rings (SSSR count). The van der Waals surface area contributed by atoms with Crippen LogP contribution in [0.15, 0.2) is 53.5 Å². The van der Waals surface area contributed by atoms with E-state index in [1.54, 1.807) is 6.07 Å². The third kappa shape index (κ3) is 5.73. The summed E-state index contributed by atoms with van der Waals surface area (Å²) in [7, 11) is 0. The maximum atomic E-state index is 12.3. The fraction of sp³-hybridized carbons (Fsp3) is 0.273. The Balaban J connectivity index is 0.00000280. The number of benzene rings is 2. The predicted octanol–water partition coefficient (Wildman–Crippen LogP) is 3.25. The van der Waals surface area contributed by atoms with Gasteiger partial charge in [-0.3, -0.25) is 4.79 Å². The van der Waals surface area contributed by atoms with Crippen LogP contribution in [0.1, 0.15) is 23.6 Å². The third-order valence-corrected chi connectivity index (χ3v) is 4.45. The van der Waals surface area contributed by atoms with Crippen molar-refractivity contribution in [2.45, 2.75) is 19.9 Å². The molecule has 0 radical (unpaired) electrons. The fourth-order valence-corrected chi connectivity index (χ4v) is 3.14. The lowest BCUT2D eigenvalue weighted by Crippen LogP contribution is -2.44. The molecule has 0 aliphatic carbocycles. The molecule has 2 aromatic carbocycles. The van der Waals surface area contributed by atoms with Gasteiger partial charge in [-0.05, 0) is 42.7 Å². The molecule has 0 bridgehead atoms. The number of halogens is 1. The number of hydrogen-bond acceptors (Lipinski definition) is 2. The average Bonchev–Trinajstić information content (AvgIpc) is 2.71. The number of nitrogens with zero attached hydrogens (tertiary/aromatic N) is 2. The molecule has 1 amide bonds. The van der Waals surface area contributed by atoms with Gasteiger partial charge >= 0.3 is 0 Å². The van der Waals surface area contributed by atoms with Gasteiger partial charge in [-0.1, -0.05) is 36.3 Å². The molecule has 146 valence electrons. The molecule has 28 heavy (non-hydrogen) atoms. The molecule has 1 aliphatic heterocycles. The Labute approximate surface area is 183 Å². The van der Waals surface area contributed by atoms with E-state index in [1.807, 2.05) is 25.1 Å². The normalized spacial score (nSPS) is 13.0. The van der Waals surface area contributed by atoms with Gasteiger partial charge in [0.1, 0.15) is 6.54 Å². The van der Waals surface area contributed by atoms with Crippen molar-refractivity contribution in [3.63, 3.8) is 0 Å². The zero-order valence-electron chi connectivity index (χ0n) is 15.9. The first-order chi connectivity index (χ1) is 13.2. The second kappa shape index (κ2) is 10.7. The minimum absolute atomic E-state index is 0. The second-order valence-electron chi connectivity index (χ2n) is 6.38. The van der Waals surface area contributed by atoms with E-state index in [9.17, 15) is 4.79 Å². The number of hydrogen-bond donors (Lipinski definition) is 2. The number of anilines is 1. The van der Waals surface area contributed by atoms with Crippen LogP contribution >= 0.6 is 24.0 Å². The number of amides is 1. The molecule has 0 saturated carbocycles. The standard InChI is InChI=1S/C22H24N4O.HI/c1-3-17-8-7-11-20(14-17)25-21(27)15-24-22(23-4-2)26-13-12-18-9-5-6-10-19(18)16-26;/h1,5-11,14H,4,12-13,15-16H2,2H3,(H,23,24)(H,25,27);1H. The van der Waals surface area contributed by atoms with E-state index >= 15 is 0 Å². The van der Waals surface area contributed by atoms with Crippen LogP contribution in [0.2, 0.25) is 0 Å². The Morgan fingerprint density at radius 3 is 2.75 bits per heavy atom. The Bertz CT molecular complexity index is 888. The number of rotatable bonds is 4. The zero-order valence-corrected chi connectivity index (χ0v) is 18.3. The molecule has 6 heteroatoms. The Hall–Kier alpha value is -2.53. The highest BCUT2D eigenvalue weighted by Crippen LogP contribution is 2.18. The summed E-state index contributed by atoms with van der Waals surface area (Å²) in [5.74, 6) is 3.16. The minimum atomic E-state index is -0.169. The van der Waals surface area contributed by atoms with E-state index in [0.29, 0.717) is 5.69 Å². The highest BCUT2D eigenvalue weighted by atomic mass is 127. The van der Waals surface area contributed by atoms with Crippen molar-refractivity contribution >= 4 is 41.5 Å². The Kier molecular flexibility index (Phi) is 8.33. The molecular formula is C22H25IN4O. The van der Waals surface area contributed by atoms with E-state index in [2.05, 4.69) is 50.7 Å². The zero-order chi connectivity index (χ0) is 19.1. The van der Waals surface area contributed by atoms with Crippen molar-refractivity contribution in [3.8, 4) is 12.3 Å². The molecule has 1 aliphatic rings. The smallest absolute Gasteiger partial charge is 0.246 e. The number of aliphatic imine (C=N–C) groups is 1. The molecule has 5 nitrogen and oxygen atoms in total. The third-order valence-electron chi connectivity index (χ3n) is 4.45. The topological polar surface area (TPSA) is 56.7 Å². The fourth-order valence-electron chi connectivity index (χ4n) is 3.14. The lowest BCUT2D eigenvalue weighted by atomic mass is 10.0. The number of fused-ring (bicyclic) bond motifs is 1. The molecule has 2 N–H and O–H groups in total. The lowest BCUT2D eigenvalue weighted by molar-refractivity contribution is -0.114. The summed E-state index contributed by atoms with van der Waals surface area (Å²) < 4.78 is 0. The van der Waals surface area contributed by atoms with E-state index in [-0.39, 0.29) is 36.4 Å². The van der Waals surface area contributed by atoms with E-state index in [1.165, 1.54) is 11.1 Å². The first-order valence-corrected chi connectivity index (χ1v) is 9.16. The van der Waals surface area contributed by atoms with E-state index < -0.39 is 0 Å². The van der Waals surface area contributed by atoms with Gasteiger partial charge < -0.3 is 15.5 Å². The van der Waals surface area contributed by atoms with E-state index in [4.69, 9.17) is 6.42 Å². The quantitative estimate of drug-likeness (QED) is 0.301. The average molecular weight is 488 g/mol. The summed E-state index contributed by atoms with van der Waals surface area (Å²) in [6.07, 6.45) is 6.38. The lowest BCUT2D eigenvalue weighted by Gasteiger charge is -2.31. The van der Waals surface area contributed by atoms with Gasteiger partial charge in [-0.2, -0.15) is 0 Å². The monoisotopic (exact) mass is 488 g/mol. The molecule has 0 spiro atoms. The van der Waals surface area contributed by atoms with Crippen LogP contribution in [-0.2, 0) is 17.8 Å². The van der Waals surface area contributed by atoms with Gasteiger partial charge in [0, 0.05) is 30.9 Å². The number of carbonyl (C=O) groups excluding carboxylic acids is 1. The molecule has 2 aromatic rings. The van der Waals surface area contributed by atoms with Crippen LogP contribution in [0.3, 0.4) is 0 Å². The molecule has 0 saturated heterocycles. The maximum Gasteiger partial charge on any atom is 0.246 e. The van der Waals surface area contributed by atoms with Crippen molar-refractivity contribution in [3.05, 3.63) is 65.2 Å². The Morgan fingerprint density at radius 1 is 1.21 bits per heavy atom. The van der Waals surface area contributed by atoms with Crippen LogP contribution in [0.25, 0.3) is 0 Å². The summed E-state index contributed by atoms with van der Waals surface area (Å²) >= 11 is 0. The number of terminal acetylenes is 1. The maximum absolute atomic E-state index is 12.3. The number of guanidine groups is 1. The van der Waals surface area contributed by atoms with Crippen LogP contribution in [0.4, 0.5) is 5.69 Å². The van der Waals surface area contributed by atoms with Crippen LogP contribution in [0.5, 0.6) is 0 Å². The first kappa shape index (κ1) is 21.8. The largest absolute Gasteiger partial charge is 0.356 e. The second-order valence-corrected chi connectivity index (χ2v) is 6.38. The van der Waals surface area contributed by atoms with Crippen molar-refractivity contribution in [2.24, 2.45) is 4.99 Å². The number of carbonyl (C=O) groups is 1. The van der Waals surface area contributed by atoms with Crippen molar-refractivity contribution in [2.75, 3.05) is 25.0 Å². The summed E-state index contributed by atoms with van der Waals surface area (Å²) in [5.41, 5.74) is 4.11. The molecule has 0 unspecified atom stereocenters. The molecule has 0 fully saturated rings. The van der Waals surface area contributed by atoms with Gasteiger partial charge in [-0.15, -0.1) is 30.4 Å². The molecule has 1 heterocycles. The number of nitrogens with one attached hydrogen (secondary N) is 2. The van der Waals surface area contributed by atoms with Crippen LogP contribution in [-0.4, -0.2) is 36.4 Å². The summed E-state index contributed by atoms with van der Waals surface area (Å²) in [6, 6.07) is 15.7. The summed E-state index contributed by atoms with van der Waals surface area (Å²) in [6.45, 7) is 4.52. The summed E-state index contributed by atoms with van der Waals surface area (Å²) in [5, 5.41) is 6.13. The SMILES string of the molecule is C#Cc1cccc(NC(=O)CN=C(NCC)N2CCc3ccccc3C2)c1.I. The highest BCUT2D eigenvalue weighted by Gasteiger charge is 2.18. The summed E-state index contributed by atoms with van der Waals surface area (Å²) in [4.78, 5) is 19.0. The highest BCUT2D eigenvalue weighted by molar-refractivity contribution is 14.0. The minimum Gasteiger partial charge on any atom is -0.356 e. The van der Waals surface area contributed by atoms with Gasteiger partial charge in [0.25, 0.3) is 0 Å². The first-order valence-electron chi connectivity index (χ1n) is 9.16. The van der Waals surface area contributed by atoms with Gasteiger partial charge in [0.05, 0.1) is 0 Å². The van der Waals surface area contributed by atoms with Gasteiger partial charge in [-0.25, -0.2) is 4.99 Å². The van der Waals surface area contributed by atoms with Gasteiger partial charge in [0.2, 0.25) is 5.91 Å². The molecule has 0 aromatic heterocycles. The Morgan fingerprint density at radius 2 is 2.00 bits per heavy atom. The van der Waals surface area contributed by atoms with Crippen molar-refractivity contribution in [1.82, 2.24) is 10.2 Å². The van der Waals surface area contributed by atoms with E-state index in [0.717, 1.165) is 37.6 Å². The van der Waals surface area contributed by atoms with Gasteiger partial charge in [0.15, 0.2) is 5.96 Å². The van der Waals surface area contributed by atoms with Crippen molar-refractivity contribution in [1.29, 1.82) is 0 Å². The van der Waals surface area contributed by atoms with Crippen LogP contribution < -0.4 is 10.6 Å². The van der Waals surface area contributed by atoms with Crippen molar-refractivity contribution < 1.29 is 4.79 Å². The molecule has 0 atom stereocenters. The molecular weight excluding hydrogens is 463 g/mol. The predicted molar refractivity (Wildman–Crippen MR) is 125 cm³/mol. The van der Waals surface area contributed by atoms with Crippen LogP contribution in [0, 0.1) is 12.3 Å².